The molecule has 2 aliphatic heterocycles. The van der Waals surface area contributed by atoms with Crippen LogP contribution in [0.15, 0.2) is 47.4 Å². The summed E-state index contributed by atoms with van der Waals surface area (Å²) in [5, 5.41) is 0. The number of hydrogen-bond acceptors (Lipinski definition) is 4. The maximum absolute atomic E-state index is 13.1. The lowest BCUT2D eigenvalue weighted by molar-refractivity contribution is 0.167. The van der Waals surface area contributed by atoms with E-state index >= 15 is 0 Å². The Morgan fingerprint density at radius 1 is 1.07 bits per heavy atom. The van der Waals surface area contributed by atoms with E-state index in [1.807, 2.05) is 25.1 Å². The van der Waals surface area contributed by atoms with Gasteiger partial charge in [-0.05, 0) is 67.5 Å². The Balaban J connectivity index is 0.00000256. The van der Waals surface area contributed by atoms with Gasteiger partial charge in [-0.1, -0.05) is 23.8 Å². The number of benzene rings is 2. The van der Waals surface area contributed by atoms with Crippen LogP contribution in [0.2, 0.25) is 0 Å². The average molecular weight is 451 g/mol. The highest BCUT2D eigenvalue weighted by Crippen LogP contribution is 2.28. The van der Waals surface area contributed by atoms with Crippen molar-refractivity contribution in [2.75, 3.05) is 33.3 Å². The second-order valence-corrected chi connectivity index (χ2v) is 10.2. The number of hydrogen-bond donors (Lipinski definition) is 0. The number of ether oxygens (including phenoxy) is 1. The predicted octanol–water partition coefficient (Wildman–Crippen LogP) is 3.88. The summed E-state index contributed by atoms with van der Waals surface area (Å²) in [7, 11) is -1.70. The lowest BCUT2D eigenvalue weighted by Crippen LogP contribution is -2.44. The van der Waals surface area contributed by atoms with Gasteiger partial charge in [0.05, 0.1) is 12.0 Å². The SMILES string of the molecule is COc1ccc2c(c1)CCN(CC1CCCN(S(=O)(=O)c3ccc(C)cc3)C1)C2.Cl. The van der Waals surface area contributed by atoms with E-state index in [0.29, 0.717) is 23.9 Å². The summed E-state index contributed by atoms with van der Waals surface area (Å²) in [6, 6.07) is 13.5. The molecule has 5 nitrogen and oxygen atoms in total. The molecule has 0 radical (unpaired) electrons. The number of sulfonamides is 1. The summed E-state index contributed by atoms with van der Waals surface area (Å²) in [6.07, 6.45) is 3.04. The van der Waals surface area contributed by atoms with Gasteiger partial charge < -0.3 is 4.74 Å². The second kappa shape index (κ2) is 9.69. The summed E-state index contributed by atoms with van der Waals surface area (Å²) in [6.45, 7) is 6.10. The van der Waals surface area contributed by atoms with Gasteiger partial charge in [0, 0.05) is 32.7 Å². The molecule has 0 amide bonds. The first kappa shape index (κ1) is 23.1. The van der Waals surface area contributed by atoms with Gasteiger partial charge in [0.1, 0.15) is 5.75 Å². The summed E-state index contributed by atoms with van der Waals surface area (Å²) in [5.74, 6) is 1.30. The molecule has 4 rings (SSSR count). The van der Waals surface area contributed by atoms with Crippen LogP contribution in [0.25, 0.3) is 0 Å². The molecule has 2 aliphatic rings. The summed E-state index contributed by atoms with van der Waals surface area (Å²) >= 11 is 0. The molecular weight excluding hydrogens is 420 g/mol. The van der Waals surface area contributed by atoms with Crippen LogP contribution in [-0.4, -0.2) is 50.9 Å². The average Bonchev–Trinajstić information content (AvgIpc) is 2.74. The maximum atomic E-state index is 13.1. The Morgan fingerprint density at radius 3 is 2.57 bits per heavy atom. The van der Waals surface area contributed by atoms with Crippen molar-refractivity contribution in [3.8, 4) is 5.75 Å². The van der Waals surface area contributed by atoms with E-state index in [1.54, 1.807) is 23.5 Å². The zero-order valence-corrected chi connectivity index (χ0v) is 19.3. The molecule has 2 aromatic rings. The van der Waals surface area contributed by atoms with Crippen molar-refractivity contribution in [1.29, 1.82) is 0 Å². The van der Waals surface area contributed by atoms with Crippen LogP contribution in [-0.2, 0) is 23.0 Å². The van der Waals surface area contributed by atoms with Crippen molar-refractivity contribution in [3.63, 3.8) is 0 Å². The van der Waals surface area contributed by atoms with E-state index in [-0.39, 0.29) is 12.4 Å². The Bertz CT molecular complexity index is 963. The number of nitrogens with zero attached hydrogens (tertiary/aromatic N) is 2. The van der Waals surface area contributed by atoms with Gasteiger partial charge >= 0.3 is 0 Å². The van der Waals surface area contributed by atoms with Gasteiger partial charge in [0.2, 0.25) is 10.0 Å². The predicted molar refractivity (Wildman–Crippen MR) is 122 cm³/mol. The van der Waals surface area contributed by atoms with E-state index in [2.05, 4.69) is 17.0 Å². The third kappa shape index (κ3) is 4.99. The lowest BCUT2D eigenvalue weighted by Gasteiger charge is -2.36. The number of fused-ring (bicyclic) bond motifs is 1. The first-order valence-electron chi connectivity index (χ1n) is 10.4. The quantitative estimate of drug-likeness (QED) is 0.693. The molecule has 0 bridgehead atoms. The van der Waals surface area contributed by atoms with Gasteiger partial charge in [0.15, 0.2) is 0 Å². The monoisotopic (exact) mass is 450 g/mol. The molecule has 2 aromatic carbocycles. The van der Waals surface area contributed by atoms with Gasteiger partial charge in [-0.25, -0.2) is 8.42 Å². The van der Waals surface area contributed by atoms with Crippen molar-refractivity contribution in [1.82, 2.24) is 9.21 Å². The minimum absolute atomic E-state index is 0. The second-order valence-electron chi connectivity index (χ2n) is 8.30. The lowest BCUT2D eigenvalue weighted by atomic mass is 9.95. The molecule has 30 heavy (non-hydrogen) atoms. The van der Waals surface area contributed by atoms with Gasteiger partial charge in [-0.2, -0.15) is 4.31 Å². The molecule has 164 valence electrons. The van der Waals surface area contributed by atoms with E-state index < -0.39 is 10.0 Å². The fourth-order valence-corrected chi connectivity index (χ4v) is 6.04. The summed E-state index contributed by atoms with van der Waals surface area (Å²) in [5.41, 5.74) is 3.80. The summed E-state index contributed by atoms with van der Waals surface area (Å²) in [4.78, 5) is 2.88. The zero-order chi connectivity index (χ0) is 20.4. The molecule has 0 aromatic heterocycles. The highest BCUT2D eigenvalue weighted by atomic mass is 35.5. The van der Waals surface area contributed by atoms with E-state index in [0.717, 1.165) is 50.2 Å². The van der Waals surface area contributed by atoms with Gasteiger partial charge in [-0.3, -0.25) is 4.90 Å². The third-order valence-electron chi connectivity index (χ3n) is 6.16. The van der Waals surface area contributed by atoms with Crippen molar-refractivity contribution in [2.24, 2.45) is 5.92 Å². The first-order chi connectivity index (χ1) is 14.0. The van der Waals surface area contributed by atoms with Crippen molar-refractivity contribution >= 4 is 22.4 Å². The maximum Gasteiger partial charge on any atom is 0.243 e. The molecular formula is C23H31ClN2O3S. The molecule has 0 N–H and O–H groups in total. The number of rotatable bonds is 5. The highest BCUT2D eigenvalue weighted by molar-refractivity contribution is 7.89. The van der Waals surface area contributed by atoms with E-state index in [1.165, 1.54) is 11.1 Å². The van der Waals surface area contributed by atoms with Crippen LogP contribution in [0.1, 0.15) is 29.5 Å². The van der Waals surface area contributed by atoms with Crippen molar-refractivity contribution < 1.29 is 13.2 Å². The molecule has 2 heterocycles. The van der Waals surface area contributed by atoms with Crippen LogP contribution in [0, 0.1) is 12.8 Å². The van der Waals surface area contributed by atoms with Crippen molar-refractivity contribution in [2.45, 2.75) is 37.6 Å². The third-order valence-corrected chi connectivity index (χ3v) is 8.04. The minimum atomic E-state index is -3.41. The Hall–Kier alpha value is -1.60. The molecule has 1 atom stereocenters. The number of methoxy groups -OCH3 is 1. The fraction of sp³-hybridized carbons (Fsp3) is 0.478. The number of piperidine rings is 1. The Morgan fingerprint density at radius 2 is 1.83 bits per heavy atom. The normalized spacial score (nSPS) is 20.3. The molecule has 0 saturated carbocycles. The fourth-order valence-electron chi connectivity index (χ4n) is 4.49. The molecule has 1 unspecified atom stereocenters. The first-order valence-corrected chi connectivity index (χ1v) is 11.8. The minimum Gasteiger partial charge on any atom is -0.497 e. The Labute approximate surface area is 186 Å². The van der Waals surface area contributed by atoms with Crippen LogP contribution in [0.3, 0.4) is 0 Å². The molecule has 0 aliphatic carbocycles. The van der Waals surface area contributed by atoms with E-state index in [9.17, 15) is 8.42 Å². The Kier molecular flexibility index (Phi) is 7.45. The smallest absolute Gasteiger partial charge is 0.243 e. The summed E-state index contributed by atoms with van der Waals surface area (Å²) < 4.78 is 33.1. The molecule has 7 heteroatoms. The zero-order valence-electron chi connectivity index (χ0n) is 17.7. The van der Waals surface area contributed by atoms with Crippen LogP contribution < -0.4 is 4.74 Å². The van der Waals surface area contributed by atoms with Crippen molar-refractivity contribution in [3.05, 3.63) is 59.2 Å². The topological polar surface area (TPSA) is 49.9 Å². The van der Waals surface area contributed by atoms with Crippen LogP contribution >= 0.6 is 12.4 Å². The van der Waals surface area contributed by atoms with E-state index in [4.69, 9.17) is 4.74 Å². The van der Waals surface area contributed by atoms with Gasteiger partial charge in [0.25, 0.3) is 0 Å². The number of aryl methyl sites for hydroxylation is 1. The van der Waals surface area contributed by atoms with Gasteiger partial charge in [-0.15, -0.1) is 12.4 Å². The van der Waals surface area contributed by atoms with Crippen LogP contribution in [0.4, 0.5) is 0 Å². The molecule has 0 spiro atoms. The van der Waals surface area contributed by atoms with Crippen LogP contribution in [0.5, 0.6) is 5.75 Å². The molecule has 1 fully saturated rings. The highest BCUT2D eigenvalue weighted by Gasteiger charge is 2.31. The standard InChI is InChI=1S/C23H30N2O3S.ClH/c1-18-5-9-23(10-6-18)29(26,27)25-12-3-4-19(16-25)15-24-13-11-20-14-22(28-2)8-7-21(20)17-24;/h5-10,14,19H,3-4,11-13,15-17H2,1-2H3;1H. The largest absolute Gasteiger partial charge is 0.497 e. The number of halogens is 1. The molecule has 1 saturated heterocycles.